The van der Waals surface area contributed by atoms with E-state index in [2.05, 4.69) is 0 Å². The van der Waals surface area contributed by atoms with Gasteiger partial charge in [0.25, 0.3) is 0 Å². The highest BCUT2D eigenvalue weighted by molar-refractivity contribution is 5.77. The van der Waals surface area contributed by atoms with E-state index in [0.29, 0.717) is 5.75 Å². The first kappa shape index (κ1) is 15.3. The first-order valence-corrected chi connectivity index (χ1v) is 6.93. The molecule has 0 radical (unpaired) electrons. The van der Waals surface area contributed by atoms with Crippen molar-refractivity contribution in [1.29, 1.82) is 0 Å². The number of benzene rings is 2. The molecule has 0 bridgehead atoms. The van der Waals surface area contributed by atoms with Crippen LogP contribution in [0.4, 0.5) is 0 Å². The number of aliphatic hydroxyl groups is 1. The molecular weight excluding hydrogens is 264 g/mol. The third-order valence-corrected chi connectivity index (χ3v) is 3.13. The Hall–Kier alpha value is -2.13. The number of aliphatic hydroxyl groups excluding tert-OH is 1. The minimum absolute atomic E-state index is 0.279. The molecule has 0 saturated carbocycles. The van der Waals surface area contributed by atoms with Gasteiger partial charge in [0.1, 0.15) is 11.9 Å². The molecule has 1 N–H and O–H groups in total. The third-order valence-electron chi connectivity index (χ3n) is 3.13. The molecule has 3 nitrogen and oxygen atoms in total. The zero-order valence-corrected chi connectivity index (χ0v) is 12.5. The Morgan fingerprint density at radius 3 is 2.00 bits per heavy atom. The molecule has 0 aliphatic rings. The molecule has 2 rings (SSSR count). The first-order valence-electron chi connectivity index (χ1n) is 6.93. The zero-order chi connectivity index (χ0) is 15.5. The summed E-state index contributed by atoms with van der Waals surface area (Å²) in [5, 5.41) is 10.3. The summed E-state index contributed by atoms with van der Waals surface area (Å²) in [5.74, 6) is 0.206. The van der Waals surface area contributed by atoms with E-state index in [1.165, 1.54) is 0 Å². The second kappa shape index (κ2) is 6.10. The molecule has 0 aliphatic heterocycles. The molecule has 0 aliphatic carbocycles. The number of carbonyl (C=O) groups excluding carboxylic acids is 1. The predicted octanol–water partition coefficient (Wildman–Crippen LogP) is 3.72. The fraction of sp³-hybridized carbons (Fsp3) is 0.278. The number of hydrogen-bond acceptors (Lipinski definition) is 3. The Bertz CT molecular complexity index is 595. The summed E-state index contributed by atoms with van der Waals surface area (Å²) in [6, 6.07) is 16.4. The van der Waals surface area contributed by atoms with E-state index >= 15 is 0 Å². The number of hydrogen-bond donors (Lipinski definition) is 1. The maximum absolute atomic E-state index is 11.8. The van der Waals surface area contributed by atoms with Crippen LogP contribution in [0.25, 0.3) is 0 Å². The van der Waals surface area contributed by atoms with E-state index in [1.807, 2.05) is 51.1 Å². The van der Waals surface area contributed by atoms with Crippen LogP contribution >= 0.6 is 0 Å². The number of carbonyl (C=O) groups is 1. The minimum Gasteiger partial charge on any atom is -0.426 e. The molecule has 0 fully saturated rings. The summed E-state index contributed by atoms with van der Waals surface area (Å²) < 4.78 is 5.30. The van der Waals surface area contributed by atoms with Crippen LogP contribution in [-0.2, 0) is 4.79 Å². The van der Waals surface area contributed by atoms with Gasteiger partial charge in [-0.3, -0.25) is 4.79 Å². The summed E-state index contributed by atoms with van der Waals surface area (Å²) in [6.07, 6.45) is -0.682. The smallest absolute Gasteiger partial charge is 0.316 e. The number of esters is 1. The zero-order valence-electron chi connectivity index (χ0n) is 12.5. The van der Waals surface area contributed by atoms with Gasteiger partial charge in [-0.2, -0.15) is 0 Å². The van der Waals surface area contributed by atoms with Crippen LogP contribution in [-0.4, -0.2) is 11.1 Å². The summed E-state index contributed by atoms with van der Waals surface area (Å²) in [6.45, 7) is 5.43. The van der Waals surface area contributed by atoms with Crippen LogP contribution in [0.2, 0.25) is 0 Å². The van der Waals surface area contributed by atoms with Gasteiger partial charge in [0.15, 0.2) is 0 Å². The van der Waals surface area contributed by atoms with E-state index in [4.69, 9.17) is 4.74 Å². The Morgan fingerprint density at radius 1 is 0.952 bits per heavy atom. The van der Waals surface area contributed by atoms with Gasteiger partial charge in [0, 0.05) is 0 Å². The average Bonchev–Trinajstić information content (AvgIpc) is 2.47. The largest absolute Gasteiger partial charge is 0.426 e. The van der Waals surface area contributed by atoms with Crippen LogP contribution in [0.5, 0.6) is 5.75 Å². The molecule has 1 unspecified atom stereocenters. The molecule has 3 heteroatoms. The van der Waals surface area contributed by atoms with Crippen molar-refractivity contribution in [3.05, 3.63) is 65.7 Å². The van der Waals surface area contributed by atoms with Gasteiger partial charge < -0.3 is 9.84 Å². The van der Waals surface area contributed by atoms with E-state index in [-0.39, 0.29) is 5.97 Å². The highest BCUT2D eigenvalue weighted by Gasteiger charge is 2.23. The molecule has 1 atom stereocenters. The number of rotatable bonds is 3. The quantitative estimate of drug-likeness (QED) is 0.690. The average molecular weight is 284 g/mol. The molecule has 2 aromatic rings. The van der Waals surface area contributed by atoms with Crippen molar-refractivity contribution in [3.8, 4) is 5.75 Å². The number of ether oxygens (including phenoxy) is 1. The molecule has 2 aromatic carbocycles. The SMILES string of the molecule is CC(C)(C)C(=O)Oc1ccc(C(O)c2ccccc2)cc1. The van der Waals surface area contributed by atoms with Gasteiger partial charge in [-0.1, -0.05) is 42.5 Å². The highest BCUT2D eigenvalue weighted by atomic mass is 16.5. The molecule has 21 heavy (non-hydrogen) atoms. The van der Waals surface area contributed by atoms with E-state index < -0.39 is 11.5 Å². The third kappa shape index (κ3) is 3.92. The fourth-order valence-corrected chi connectivity index (χ4v) is 1.81. The molecule has 0 heterocycles. The summed E-state index contributed by atoms with van der Waals surface area (Å²) in [7, 11) is 0. The topological polar surface area (TPSA) is 46.5 Å². The van der Waals surface area contributed by atoms with Crippen molar-refractivity contribution in [3.63, 3.8) is 0 Å². The van der Waals surface area contributed by atoms with Crippen molar-refractivity contribution < 1.29 is 14.6 Å². The van der Waals surface area contributed by atoms with Gasteiger partial charge in [-0.05, 0) is 44.0 Å². The lowest BCUT2D eigenvalue weighted by Crippen LogP contribution is -2.25. The van der Waals surface area contributed by atoms with Crippen LogP contribution < -0.4 is 4.74 Å². The lowest BCUT2D eigenvalue weighted by molar-refractivity contribution is -0.142. The first-order chi connectivity index (χ1) is 9.88. The second-order valence-electron chi connectivity index (χ2n) is 6.02. The van der Waals surface area contributed by atoms with E-state index in [9.17, 15) is 9.90 Å². The van der Waals surface area contributed by atoms with Gasteiger partial charge in [0.2, 0.25) is 0 Å². The van der Waals surface area contributed by atoms with Crippen LogP contribution in [0.15, 0.2) is 54.6 Å². The minimum atomic E-state index is -0.682. The molecule has 0 spiro atoms. The van der Waals surface area contributed by atoms with Crippen LogP contribution in [0.1, 0.15) is 38.0 Å². The van der Waals surface area contributed by atoms with Crippen molar-refractivity contribution >= 4 is 5.97 Å². The standard InChI is InChI=1S/C18H20O3/c1-18(2,3)17(20)21-15-11-9-14(10-12-15)16(19)13-7-5-4-6-8-13/h4-12,16,19H,1-3H3. The molecule has 0 aromatic heterocycles. The Balaban J connectivity index is 2.11. The maximum atomic E-state index is 11.8. The Kier molecular flexibility index (Phi) is 4.43. The lowest BCUT2D eigenvalue weighted by atomic mass is 9.97. The van der Waals surface area contributed by atoms with Crippen molar-refractivity contribution in [2.45, 2.75) is 26.9 Å². The summed E-state index contributed by atoms with van der Waals surface area (Å²) >= 11 is 0. The monoisotopic (exact) mass is 284 g/mol. The Morgan fingerprint density at radius 2 is 1.48 bits per heavy atom. The molecule has 110 valence electrons. The van der Waals surface area contributed by atoms with Gasteiger partial charge >= 0.3 is 5.97 Å². The van der Waals surface area contributed by atoms with Crippen molar-refractivity contribution in [2.24, 2.45) is 5.41 Å². The van der Waals surface area contributed by atoms with Gasteiger partial charge in [-0.25, -0.2) is 0 Å². The summed E-state index contributed by atoms with van der Waals surface area (Å²) in [4.78, 5) is 11.8. The highest BCUT2D eigenvalue weighted by Crippen LogP contribution is 2.25. The fourth-order valence-electron chi connectivity index (χ4n) is 1.81. The van der Waals surface area contributed by atoms with Gasteiger partial charge in [0.05, 0.1) is 5.41 Å². The maximum Gasteiger partial charge on any atom is 0.316 e. The second-order valence-corrected chi connectivity index (χ2v) is 6.02. The van der Waals surface area contributed by atoms with E-state index in [0.717, 1.165) is 11.1 Å². The molecular formula is C18H20O3. The van der Waals surface area contributed by atoms with Crippen LogP contribution in [0.3, 0.4) is 0 Å². The van der Waals surface area contributed by atoms with Gasteiger partial charge in [-0.15, -0.1) is 0 Å². The van der Waals surface area contributed by atoms with E-state index in [1.54, 1.807) is 24.3 Å². The lowest BCUT2D eigenvalue weighted by Gasteiger charge is -2.17. The van der Waals surface area contributed by atoms with Crippen molar-refractivity contribution in [1.82, 2.24) is 0 Å². The predicted molar refractivity (Wildman–Crippen MR) is 82.0 cm³/mol. The summed E-state index contributed by atoms with van der Waals surface area (Å²) in [5.41, 5.74) is 1.05. The van der Waals surface area contributed by atoms with Crippen LogP contribution in [0, 0.1) is 5.41 Å². The molecule has 0 amide bonds. The normalized spacial score (nSPS) is 12.8. The molecule has 0 saturated heterocycles. The Labute approximate surface area is 125 Å². The van der Waals surface area contributed by atoms with Crippen molar-refractivity contribution in [2.75, 3.05) is 0 Å².